The van der Waals surface area contributed by atoms with Gasteiger partial charge in [-0.3, -0.25) is 4.79 Å². The fourth-order valence-corrected chi connectivity index (χ4v) is 1.59. The van der Waals surface area contributed by atoms with Gasteiger partial charge in [0.2, 0.25) is 5.91 Å². The van der Waals surface area contributed by atoms with Gasteiger partial charge in [0.15, 0.2) is 0 Å². The van der Waals surface area contributed by atoms with Crippen molar-refractivity contribution in [2.24, 2.45) is 5.92 Å². The minimum atomic E-state index is -0.0504. The molecule has 1 aliphatic carbocycles. The molecule has 3 nitrogen and oxygen atoms in total. The number of nitrogens with one attached hydrogen (secondary N) is 1. The van der Waals surface area contributed by atoms with E-state index in [-0.39, 0.29) is 11.9 Å². The van der Waals surface area contributed by atoms with Crippen LogP contribution >= 0.6 is 0 Å². The molecule has 2 atom stereocenters. The zero-order valence-electron chi connectivity index (χ0n) is 9.00. The lowest BCUT2D eigenvalue weighted by Crippen LogP contribution is -2.45. The molecule has 1 rings (SSSR count). The van der Waals surface area contributed by atoms with Gasteiger partial charge in [-0.1, -0.05) is 0 Å². The second-order valence-corrected chi connectivity index (χ2v) is 4.25. The number of carbonyl (C=O) groups excluding carboxylic acids is 1. The Labute approximate surface area is 80.5 Å². The second kappa shape index (κ2) is 4.09. The van der Waals surface area contributed by atoms with E-state index in [0.717, 1.165) is 5.92 Å². The predicted octanol–water partition coefficient (Wildman–Crippen LogP) is 0.851. The molecule has 0 heterocycles. The van der Waals surface area contributed by atoms with E-state index in [1.807, 2.05) is 6.92 Å². The van der Waals surface area contributed by atoms with Gasteiger partial charge in [-0.25, -0.2) is 0 Å². The number of hydrogen-bond acceptors (Lipinski definition) is 2. The Hall–Kier alpha value is -0.570. The summed E-state index contributed by atoms with van der Waals surface area (Å²) in [5.74, 6) is 0.963. The van der Waals surface area contributed by atoms with Crippen LogP contribution in [0.25, 0.3) is 0 Å². The van der Waals surface area contributed by atoms with Crippen molar-refractivity contribution in [1.82, 2.24) is 10.2 Å². The molecule has 0 aliphatic heterocycles. The molecular weight excluding hydrogens is 164 g/mol. The summed E-state index contributed by atoms with van der Waals surface area (Å²) < 4.78 is 0. The highest BCUT2D eigenvalue weighted by Crippen LogP contribution is 2.32. The number of amides is 1. The van der Waals surface area contributed by atoms with E-state index in [1.54, 1.807) is 19.0 Å². The quantitative estimate of drug-likeness (QED) is 0.702. The van der Waals surface area contributed by atoms with Crippen molar-refractivity contribution in [3.05, 3.63) is 0 Å². The molecule has 0 aromatic carbocycles. The summed E-state index contributed by atoms with van der Waals surface area (Å²) in [4.78, 5) is 13.1. The van der Waals surface area contributed by atoms with Gasteiger partial charge in [0.25, 0.3) is 0 Å². The van der Waals surface area contributed by atoms with Gasteiger partial charge in [0.1, 0.15) is 0 Å². The first-order chi connectivity index (χ1) is 6.02. The van der Waals surface area contributed by atoms with Crippen LogP contribution in [0, 0.1) is 5.92 Å². The van der Waals surface area contributed by atoms with Crippen LogP contribution in [0.3, 0.4) is 0 Å². The Morgan fingerprint density at radius 2 is 1.92 bits per heavy atom. The Kier molecular flexibility index (Phi) is 3.31. The van der Waals surface area contributed by atoms with Crippen molar-refractivity contribution in [2.45, 2.75) is 38.8 Å². The topological polar surface area (TPSA) is 32.3 Å². The van der Waals surface area contributed by atoms with Crippen molar-refractivity contribution in [1.29, 1.82) is 0 Å². The highest BCUT2D eigenvalue weighted by atomic mass is 16.2. The Balaban J connectivity index is 2.30. The van der Waals surface area contributed by atoms with Crippen molar-refractivity contribution >= 4 is 5.91 Å². The standard InChI is InChI=1S/C10H20N2O/c1-7(9-5-6-9)11-8(2)10(13)12(3)4/h7-9,11H,5-6H2,1-4H3. The molecule has 0 aromatic heterocycles. The first-order valence-electron chi connectivity index (χ1n) is 4.99. The Morgan fingerprint density at radius 3 is 2.31 bits per heavy atom. The molecule has 13 heavy (non-hydrogen) atoms. The van der Waals surface area contributed by atoms with E-state index in [0.29, 0.717) is 6.04 Å². The predicted molar refractivity (Wildman–Crippen MR) is 53.5 cm³/mol. The first-order valence-corrected chi connectivity index (χ1v) is 4.99. The molecule has 76 valence electrons. The minimum Gasteiger partial charge on any atom is -0.347 e. The molecule has 3 heteroatoms. The second-order valence-electron chi connectivity index (χ2n) is 4.25. The summed E-state index contributed by atoms with van der Waals surface area (Å²) in [5.41, 5.74) is 0. The van der Waals surface area contributed by atoms with Crippen LogP contribution in [0.2, 0.25) is 0 Å². The Morgan fingerprint density at radius 1 is 1.38 bits per heavy atom. The molecule has 0 bridgehead atoms. The molecule has 1 saturated carbocycles. The highest BCUT2D eigenvalue weighted by molar-refractivity contribution is 5.80. The fourth-order valence-electron chi connectivity index (χ4n) is 1.59. The third kappa shape index (κ3) is 2.99. The van der Waals surface area contributed by atoms with E-state index in [4.69, 9.17) is 0 Å². The highest BCUT2D eigenvalue weighted by Gasteiger charge is 2.29. The lowest BCUT2D eigenvalue weighted by molar-refractivity contribution is -0.130. The summed E-state index contributed by atoms with van der Waals surface area (Å²) in [7, 11) is 3.59. The van der Waals surface area contributed by atoms with Crippen LogP contribution in [0.15, 0.2) is 0 Å². The van der Waals surface area contributed by atoms with Gasteiger partial charge in [-0.15, -0.1) is 0 Å². The maximum absolute atomic E-state index is 11.5. The zero-order chi connectivity index (χ0) is 10.0. The molecule has 0 aromatic rings. The van der Waals surface area contributed by atoms with Crippen LogP contribution in [-0.4, -0.2) is 37.0 Å². The van der Waals surface area contributed by atoms with Crippen LogP contribution in [0.1, 0.15) is 26.7 Å². The zero-order valence-corrected chi connectivity index (χ0v) is 9.00. The number of likely N-dealkylation sites (N-methyl/N-ethyl adjacent to an activating group) is 1. The molecular formula is C10H20N2O. The number of carbonyl (C=O) groups is 1. The normalized spacial score (nSPS) is 20.9. The van der Waals surface area contributed by atoms with Crippen LogP contribution in [0.5, 0.6) is 0 Å². The van der Waals surface area contributed by atoms with Crippen molar-refractivity contribution in [3.8, 4) is 0 Å². The van der Waals surface area contributed by atoms with Gasteiger partial charge in [-0.05, 0) is 32.6 Å². The average molecular weight is 184 g/mol. The van der Waals surface area contributed by atoms with E-state index < -0.39 is 0 Å². The lowest BCUT2D eigenvalue weighted by Gasteiger charge is -2.21. The van der Waals surface area contributed by atoms with E-state index in [1.165, 1.54) is 12.8 Å². The van der Waals surface area contributed by atoms with Crippen molar-refractivity contribution in [2.75, 3.05) is 14.1 Å². The van der Waals surface area contributed by atoms with E-state index in [2.05, 4.69) is 12.2 Å². The first kappa shape index (κ1) is 10.5. The third-order valence-corrected chi connectivity index (χ3v) is 2.65. The van der Waals surface area contributed by atoms with Crippen LogP contribution in [-0.2, 0) is 4.79 Å². The summed E-state index contributed by atoms with van der Waals surface area (Å²) in [6, 6.07) is 0.435. The molecule has 1 fully saturated rings. The lowest BCUT2D eigenvalue weighted by atomic mass is 10.2. The molecule has 0 radical (unpaired) electrons. The van der Waals surface area contributed by atoms with Crippen LogP contribution < -0.4 is 5.32 Å². The summed E-state index contributed by atoms with van der Waals surface area (Å²) >= 11 is 0. The van der Waals surface area contributed by atoms with Crippen molar-refractivity contribution < 1.29 is 4.79 Å². The molecule has 1 N–H and O–H groups in total. The largest absolute Gasteiger partial charge is 0.347 e. The summed E-state index contributed by atoms with van der Waals surface area (Å²) in [6.45, 7) is 4.10. The van der Waals surface area contributed by atoms with Crippen molar-refractivity contribution in [3.63, 3.8) is 0 Å². The molecule has 2 unspecified atom stereocenters. The van der Waals surface area contributed by atoms with E-state index in [9.17, 15) is 4.79 Å². The average Bonchev–Trinajstić information content (AvgIpc) is 2.84. The third-order valence-electron chi connectivity index (χ3n) is 2.65. The Bertz CT molecular complexity index is 187. The molecule has 0 saturated heterocycles. The van der Waals surface area contributed by atoms with Gasteiger partial charge in [-0.2, -0.15) is 0 Å². The number of rotatable bonds is 4. The fraction of sp³-hybridized carbons (Fsp3) is 0.900. The number of nitrogens with zero attached hydrogens (tertiary/aromatic N) is 1. The maximum atomic E-state index is 11.5. The summed E-state index contributed by atoms with van der Waals surface area (Å²) in [5, 5.41) is 3.33. The monoisotopic (exact) mass is 184 g/mol. The minimum absolute atomic E-state index is 0.0504. The number of hydrogen-bond donors (Lipinski definition) is 1. The van der Waals surface area contributed by atoms with E-state index >= 15 is 0 Å². The van der Waals surface area contributed by atoms with Crippen LogP contribution in [0.4, 0.5) is 0 Å². The molecule has 0 spiro atoms. The molecule has 1 aliphatic rings. The van der Waals surface area contributed by atoms with Gasteiger partial charge in [0.05, 0.1) is 6.04 Å². The van der Waals surface area contributed by atoms with Gasteiger partial charge >= 0.3 is 0 Å². The maximum Gasteiger partial charge on any atom is 0.238 e. The van der Waals surface area contributed by atoms with Gasteiger partial charge < -0.3 is 10.2 Å². The SMILES string of the molecule is CC(NC(C)C1CC1)C(=O)N(C)C. The van der Waals surface area contributed by atoms with Gasteiger partial charge in [0, 0.05) is 20.1 Å². The summed E-state index contributed by atoms with van der Waals surface area (Å²) in [6.07, 6.45) is 2.63. The molecule has 1 amide bonds. The smallest absolute Gasteiger partial charge is 0.238 e.